The van der Waals surface area contributed by atoms with Crippen LogP contribution in [0.1, 0.15) is 31.8 Å². The van der Waals surface area contributed by atoms with Crippen LogP contribution in [0.25, 0.3) is 0 Å². The van der Waals surface area contributed by atoms with Crippen molar-refractivity contribution in [2.45, 2.75) is 11.8 Å². The van der Waals surface area contributed by atoms with Gasteiger partial charge in [0.1, 0.15) is 10.6 Å². The van der Waals surface area contributed by atoms with E-state index in [1.807, 2.05) is 0 Å². The number of carbonyl (C=O) groups is 2. The standard InChI is InChI=1S/C23H18N2O8S/c1-14-10-19-20(32-13-31-19)11-21(14)34(29,30)33-18-8-6-16(7-9-18)22(26)25-24-12-15-2-4-17(5-3-15)23(27)28/h2-12H,13H2,1H3,(H,25,26)(H,27,28)/b24-12+. The third kappa shape index (κ3) is 4.99. The first-order valence-electron chi connectivity index (χ1n) is 9.84. The van der Waals surface area contributed by atoms with E-state index in [1.54, 1.807) is 25.1 Å². The zero-order chi connectivity index (χ0) is 24.3. The van der Waals surface area contributed by atoms with E-state index in [0.717, 1.165) is 0 Å². The topological polar surface area (TPSA) is 141 Å². The summed E-state index contributed by atoms with van der Waals surface area (Å²) >= 11 is 0. The minimum absolute atomic E-state index is 0.0176. The summed E-state index contributed by atoms with van der Waals surface area (Å²) in [4.78, 5) is 23.1. The molecule has 11 heteroatoms. The van der Waals surface area contributed by atoms with Crippen molar-refractivity contribution in [3.8, 4) is 17.2 Å². The molecule has 3 aromatic rings. The Morgan fingerprint density at radius 3 is 2.26 bits per heavy atom. The molecule has 1 aliphatic heterocycles. The summed E-state index contributed by atoms with van der Waals surface area (Å²) in [6, 6.07) is 14.3. The Kier molecular flexibility index (Phi) is 6.19. The van der Waals surface area contributed by atoms with E-state index in [9.17, 15) is 18.0 Å². The highest BCUT2D eigenvalue weighted by molar-refractivity contribution is 7.87. The van der Waals surface area contributed by atoms with Crippen molar-refractivity contribution in [1.82, 2.24) is 5.43 Å². The number of nitrogens with one attached hydrogen (secondary N) is 1. The predicted octanol–water partition coefficient (Wildman–Crippen LogP) is 2.95. The lowest BCUT2D eigenvalue weighted by Gasteiger charge is -2.10. The number of carboxylic acid groups (broad SMARTS) is 1. The molecule has 174 valence electrons. The largest absolute Gasteiger partial charge is 0.478 e. The summed E-state index contributed by atoms with van der Waals surface area (Å²) in [5.41, 5.74) is 3.74. The van der Waals surface area contributed by atoms with Crippen LogP contribution in [0, 0.1) is 6.92 Å². The average molecular weight is 482 g/mol. The molecule has 10 nitrogen and oxygen atoms in total. The van der Waals surface area contributed by atoms with Crippen LogP contribution in [0.15, 0.2) is 70.7 Å². The summed E-state index contributed by atoms with van der Waals surface area (Å²) in [6.07, 6.45) is 1.36. The lowest BCUT2D eigenvalue weighted by atomic mass is 10.1. The normalized spacial score (nSPS) is 12.5. The van der Waals surface area contributed by atoms with Crippen LogP contribution in [0.4, 0.5) is 0 Å². The first-order valence-corrected chi connectivity index (χ1v) is 11.3. The molecule has 3 aromatic carbocycles. The third-order valence-electron chi connectivity index (χ3n) is 4.80. The summed E-state index contributed by atoms with van der Waals surface area (Å²) < 4.78 is 41.1. The summed E-state index contributed by atoms with van der Waals surface area (Å²) in [5.74, 6) is -0.761. The van der Waals surface area contributed by atoms with Gasteiger partial charge in [0.15, 0.2) is 11.5 Å². The number of hydrogen-bond donors (Lipinski definition) is 2. The van der Waals surface area contributed by atoms with E-state index in [-0.39, 0.29) is 28.6 Å². The quantitative estimate of drug-likeness (QED) is 0.298. The number of benzene rings is 3. The van der Waals surface area contributed by atoms with Gasteiger partial charge in [0.25, 0.3) is 5.91 Å². The highest BCUT2D eigenvalue weighted by Crippen LogP contribution is 2.36. The van der Waals surface area contributed by atoms with Gasteiger partial charge < -0.3 is 18.8 Å². The van der Waals surface area contributed by atoms with Crippen molar-refractivity contribution in [1.29, 1.82) is 0 Å². The Bertz CT molecular complexity index is 1380. The van der Waals surface area contributed by atoms with Gasteiger partial charge in [0, 0.05) is 11.6 Å². The Morgan fingerprint density at radius 1 is 1.00 bits per heavy atom. The monoisotopic (exact) mass is 482 g/mol. The fourth-order valence-electron chi connectivity index (χ4n) is 3.07. The van der Waals surface area contributed by atoms with Gasteiger partial charge in [-0.2, -0.15) is 13.5 Å². The minimum Gasteiger partial charge on any atom is -0.478 e. The van der Waals surface area contributed by atoms with Gasteiger partial charge in [-0.3, -0.25) is 4.79 Å². The van der Waals surface area contributed by atoms with E-state index < -0.39 is 22.0 Å². The SMILES string of the molecule is Cc1cc2c(cc1S(=O)(=O)Oc1ccc(C(=O)N/N=C/c3ccc(C(=O)O)cc3)cc1)OCO2. The van der Waals surface area contributed by atoms with Gasteiger partial charge in [-0.1, -0.05) is 12.1 Å². The maximum atomic E-state index is 12.7. The average Bonchev–Trinajstić information content (AvgIpc) is 3.26. The van der Waals surface area contributed by atoms with E-state index in [1.165, 1.54) is 48.7 Å². The van der Waals surface area contributed by atoms with Crippen molar-refractivity contribution in [2.75, 3.05) is 6.79 Å². The molecule has 0 radical (unpaired) electrons. The molecule has 0 bridgehead atoms. The molecule has 2 N–H and O–H groups in total. The van der Waals surface area contributed by atoms with Crippen molar-refractivity contribution in [2.24, 2.45) is 5.10 Å². The van der Waals surface area contributed by atoms with Crippen molar-refractivity contribution < 1.29 is 36.8 Å². The molecule has 1 aliphatic rings. The molecule has 0 saturated heterocycles. The number of carbonyl (C=O) groups excluding carboxylic acids is 1. The smallest absolute Gasteiger partial charge is 0.339 e. The molecule has 0 spiro atoms. The molecule has 0 aromatic heterocycles. The highest BCUT2D eigenvalue weighted by atomic mass is 32.2. The molecule has 0 fully saturated rings. The molecule has 4 rings (SSSR count). The molecule has 0 saturated carbocycles. The van der Waals surface area contributed by atoms with Crippen LogP contribution in [0.2, 0.25) is 0 Å². The van der Waals surface area contributed by atoms with Gasteiger partial charge >= 0.3 is 16.1 Å². The number of aromatic carboxylic acids is 1. The number of carboxylic acids is 1. The minimum atomic E-state index is -4.15. The predicted molar refractivity (Wildman–Crippen MR) is 120 cm³/mol. The lowest BCUT2D eigenvalue weighted by Crippen LogP contribution is -2.17. The molecule has 0 atom stereocenters. The first kappa shape index (κ1) is 22.8. The van der Waals surface area contributed by atoms with Crippen molar-refractivity contribution in [3.63, 3.8) is 0 Å². The van der Waals surface area contributed by atoms with E-state index in [2.05, 4.69) is 10.5 Å². The van der Waals surface area contributed by atoms with Gasteiger partial charge in [0.05, 0.1) is 11.8 Å². The Labute approximate surface area is 194 Å². The number of amides is 1. The zero-order valence-electron chi connectivity index (χ0n) is 17.7. The van der Waals surface area contributed by atoms with Crippen molar-refractivity contribution >= 4 is 28.2 Å². The number of fused-ring (bicyclic) bond motifs is 1. The van der Waals surface area contributed by atoms with Gasteiger partial charge in [-0.05, 0) is 60.5 Å². The van der Waals surface area contributed by atoms with Crippen LogP contribution in [0.5, 0.6) is 17.2 Å². The molecule has 0 aliphatic carbocycles. The van der Waals surface area contributed by atoms with Crippen LogP contribution < -0.4 is 19.1 Å². The lowest BCUT2D eigenvalue weighted by molar-refractivity contribution is 0.0696. The second kappa shape index (κ2) is 9.24. The van der Waals surface area contributed by atoms with Crippen LogP contribution in [0.3, 0.4) is 0 Å². The zero-order valence-corrected chi connectivity index (χ0v) is 18.5. The number of hydrazone groups is 1. The van der Waals surface area contributed by atoms with E-state index in [0.29, 0.717) is 22.6 Å². The molecule has 0 unspecified atom stereocenters. The van der Waals surface area contributed by atoms with Crippen LogP contribution in [-0.4, -0.2) is 38.4 Å². The Hall–Kier alpha value is -4.38. The second-order valence-electron chi connectivity index (χ2n) is 7.16. The number of aryl methyl sites for hydroxylation is 1. The molecule has 34 heavy (non-hydrogen) atoms. The molecular weight excluding hydrogens is 464 g/mol. The first-order chi connectivity index (χ1) is 16.2. The Balaban J connectivity index is 1.39. The van der Waals surface area contributed by atoms with Gasteiger partial charge in [-0.25, -0.2) is 10.2 Å². The van der Waals surface area contributed by atoms with Crippen LogP contribution >= 0.6 is 0 Å². The van der Waals surface area contributed by atoms with Crippen molar-refractivity contribution in [3.05, 3.63) is 82.9 Å². The number of ether oxygens (including phenoxy) is 2. The Morgan fingerprint density at radius 2 is 1.62 bits per heavy atom. The highest BCUT2D eigenvalue weighted by Gasteiger charge is 2.25. The van der Waals surface area contributed by atoms with E-state index in [4.69, 9.17) is 18.8 Å². The van der Waals surface area contributed by atoms with Gasteiger partial charge in [0.2, 0.25) is 6.79 Å². The fourth-order valence-corrected chi connectivity index (χ4v) is 4.23. The summed E-state index contributed by atoms with van der Waals surface area (Å²) in [5, 5.41) is 12.7. The summed E-state index contributed by atoms with van der Waals surface area (Å²) in [7, 11) is -4.15. The van der Waals surface area contributed by atoms with E-state index >= 15 is 0 Å². The fraction of sp³-hybridized carbons (Fsp3) is 0.0870. The molecule has 1 heterocycles. The number of rotatable bonds is 7. The number of nitrogens with zero attached hydrogens (tertiary/aromatic N) is 1. The summed E-state index contributed by atoms with van der Waals surface area (Å²) in [6.45, 7) is 1.64. The van der Waals surface area contributed by atoms with Gasteiger partial charge in [-0.15, -0.1) is 0 Å². The molecule has 1 amide bonds. The molecular formula is C23H18N2O8S. The maximum absolute atomic E-state index is 12.7. The third-order valence-corrected chi connectivity index (χ3v) is 6.19. The second-order valence-corrected chi connectivity index (χ2v) is 8.67. The number of hydrogen-bond acceptors (Lipinski definition) is 8. The maximum Gasteiger partial charge on any atom is 0.339 e. The van der Waals surface area contributed by atoms with Crippen LogP contribution in [-0.2, 0) is 10.1 Å².